The Balaban J connectivity index is 1.06. The van der Waals surface area contributed by atoms with E-state index in [4.69, 9.17) is 0 Å². The maximum absolute atomic E-state index is 13.3. The number of fused-ring (bicyclic) bond motifs is 7. The molecule has 248 valence electrons. The highest BCUT2D eigenvalue weighted by Gasteiger charge is 2.68. The minimum Gasteiger partial charge on any atom is -0.310 e. The Morgan fingerprint density at radius 2 is 1.70 bits per heavy atom. The molecule has 6 aliphatic carbocycles. The number of nitrogens with one attached hydrogen (secondary N) is 1. The third-order valence-electron chi connectivity index (χ3n) is 16.4. The maximum atomic E-state index is 13.3. The molecule has 8 unspecified atom stereocenters. The van der Waals surface area contributed by atoms with E-state index in [9.17, 15) is 4.39 Å². The Kier molecular flexibility index (Phi) is 9.00. The van der Waals surface area contributed by atoms with Crippen LogP contribution in [-0.4, -0.2) is 54.8 Å². The zero-order valence-corrected chi connectivity index (χ0v) is 29.9. The van der Waals surface area contributed by atoms with Crippen LogP contribution in [0.15, 0.2) is 23.3 Å². The Hall–Kier alpha value is -0.320. The van der Waals surface area contributed by atoms with Gasteiger partial charge < -0.3 is 10.2 Å². The lowest BCUT2D eigenvalue weighted by atomic mass is 9.34. The van der Waals surface area contributed by atoms with Crippen molar-refractivity contribution < 1.29 is 4.39 Å². The molecule has 0 aromatic heterocycles. The van der Waals surface area contributed by atoms with Crippen molar-refractivity contribution >= 4 is 11.8 Å². The minimum absolute atomic E-state index is 0.144. The summed E-state index contributed by atoms with van der Waals surface area (Å²) in [4.78, 5) is 2.75. The minimum atomic E-state index is -0.144. The summed E-state index contributed by atoms with van der Waals surface area (Å²) in [7, 11) is 0. The third-order valence-corrected chi connectivity index (χ3v) is 17.6. The first kappa shape index (κ1) is 32.2. The molecule has 1 N–H and O–H groups in total. The first-order valence-electron chi connectivity index (χ1n) is 19.1. The van der Waals surface area contributed by atoms with Crippen LogP contribution in [0.2, 0.25) is 0 Å². The summed E-state index contributed by atoms with van der Waals surface area (Å²) in [5, 5.41) is 5.22. The van der Waals surface area contributed by atoms with Crippen molar-refractivity contribution in [3.63, 3.8) is 0 Å². The smallest absolute Gasteiger partial charge is 0.0925 e. The summed E-state index contributed by atoms with van der Waals surface area (Å²) in [5.74, 6) is 4.35. The van der Waals surface area contributed by atoms with Gasteiger partial charge in [-0.15, -0.1) is 0 Å². The van der Waals surface area contributed by atoms with Crippen molar-refractivity contribution in [2.24, 2.45) is 51.8 Å². The second-order valence-electron chi connectivity index (χ2n) is 17.8. The monoisotopic (exact) mass is 624 g/mol. The van der Waals surface area contributed by atoms with Crippen molar-refractivity contribution in [2.75, 3.05) is 39.1 Å². The maximum Gasteiger partial charge on any atom is 0.0925 e. The normalized spacial score (nSPS) is 48.0. The van der Waals surface area contributed by atoms with Gasteiger partial charge in [-0.2, -0.15) is 11.8 Å². The van der Waals surface area contributed by atoms with Gasteiger partial charge in [-0.1, -0.05) is 46.3 Å². The van der Waals surface area contributed by atoms with Crippen LogP contribution in [0.4, 0.5) is 4.39 Å². The summed E-state index contributed by atoms with van der Waals surface area (Å²) < 4.78 is 13.3. The van der Waals surface area contributed by atoms with E-state index in [1.54, 1.807) is 11.1 Å². The van der Waals surface area contributed by atoms with E-state index in [1.165, 1.54) is 103 Å². The van der Waals surface area contributed by atoms with E-state index in [2.05, 4.69) is 68.1 Å². The summed E-state index contributed by atoms with van der Waals surface area (Å²) in [6.45, 7) is 15.8. The van der Waals surface area contributed by atoms with E-state index in [1.807, 2.05) is 0 Å². The second-order valence-corrected chi connectivity index (χ2v) is 18.9. The van der Waals surface area contributed by atoms with Gasteiger partial charge in [0.05, 0.1) is 6.67 Å². The molecule has 7 rings (SSSR count). The van der Waals surface area contributed by atoms with Crippen molar-refractivity contribution in [3.05, 3.63) is 23.3 Å². The molecule has 1 saturated heterocycles. The highest BCUT2D eigenvalue weighted by atomic mass is 32.2. The number of rotatable bonds is 7. The van der Waals surface area contributed by atoms with Crippen LogP contribution < -0.4 is 5.32 Å². The van der Waals surface area contributed by atoms with E-state index < -0.39 is 0 Å². The Labute approximate surface area is 274 Å². The van der Waals surface area contributed by atoms with Crippen molar-refractivity contribution in [1.82, 2.24) is 10.2 Å². The van der Waals surface area contributed by atoms with Crippen LogP contribution in [-0.2, 0) is 0 Å². The van der Waals surface area contributed by atoms with Crippen LogP contribution >= 0.6 is 11.8 Å². The van der Waals surface area contributed by atoms with Crippen LogP contribution in [0.3, 0.4) is 0 Å². The lowest BCUT2D eigenvalue weighted by Crippen LogP contribution is -2.67. The number of halogens is 1. The van der Waals surface area contributed by atoms with E-state index in [0.717, 1.165) is 48.2 Å². The van der Waals surface area contributed by atoms with Crippen LogP contribution in [0.25, 0.3) is 0 Å². The van der Waals surface area contributed by atoms with Gasteiger partial charge in [0.25, 0.3) is 0 Å². The van der Waals surface area contributed by atoms with Gasteiger partial charge in [-0.05, 0) is 172 Å². The zero-order valence-electron chi connectivity index (χ0n) is 29.1. The molecule has 0 spiro atoms. The van der Waals surface area contributed by atoms with Crippen LogP contribution in [0, 0.1) is 51.8 Å². The SMILES string of the molecule is CSC1CCN(CCNC23CCC[C@@H]2C2CCC4C5(C)CC=C(C6=CCC(CF)CC6)C(C)C5CCC4(C)[C@]2(C)CC3)CC1. The molecule has 0 amide bonds. The summed E-state index contributed by atoms with van der Waals surface area (Å²) in [6.07, 6.45) is 27.5. The predicted octanol–water partition coefficient (Wildman–Crippen LogP) is 9.85. The predicted molar refractivity (Wildman–Crippen MR) is 187 cm³/mol. The first-order valence-corrected chi connectivity index (χ1v) is 20.4. The van der Waals surface area contributed by atoms with E-state index >= 15 is 0 Å². The van der Waals surface area contributed by atoms with Gasteiger partial charge >= 0.3 is 0 Å². The average molecular weight is 625 g/mol. The molecule has 44 heavy (non-hydrogen) atoms. The number of alkyl halides is 1. The molecule has 2 nitrogen and oxygen atoms in total. The number of piperidine rings is 1. The van der Waals surface area contributed by atoms with Gasteiger partial charge in [0.1, 0.15) is 0 Å². The highest BCUT2D eigenvalue weighted by molar-refractivity contribution is 7.99. The summed E-state index contributed by atoms with van der Waals surface area (Å²) in [5.41, 5.74) is 5.01. The van der Waals surface area contributed by atoms with E-state index in [0.29, 0.717) is 27.7 Å². The number of allylic oxidation sites excluding steroid dienone is 4. The summed E-state index contributed by atoms with van der Waals surface area (Å²) >= 11 is 2.08. The molecule has 5 fully saturated rings. The Morgan fingerprint density at radius 3 is 2.43 bits per heavy atom. The lowest BCUT2D eigenvalue weighted by Gasteiger charge is -2.71. The van der Waals surface area contributed by atoms with Gasteiger partial charge in [0, 0.05) is 23.9 Å². The fourth-order valence-corrected chi connectivity index (χ4v) is 14.3. The lowest BCUT2D eigenvalue weighted by molar-refractivity contribution is -0.212. The fraction of sp³-hybridized carbons (Fsp3) is 0.900. The molecule has 0 aromatic carbocycles. The second kappa shape index (κ2) is 12.3. The molecule has 4 saturated carbocycles. The molecular formula is C40H65FN2S. The first-order chi connectivity index (χ1) is 21.2. The van der Waals surface area contributed by atoms with Gasteiger partial charge in [0.2, 0.25) is 0 Å². The third kappa shape index (κ3) is 5.07. The molecule has 1 aliphatic heterocycles. The molecule has 0 bridgehead atoms. The molecule has 0 aromatic rings. The molecular weight excluding hydrogens is 560 g/mol. The molecule has 0 radical (unpaired) electrons. The highest BCUT2D eigenvalue weighted by Crippen LogP contribution is 2.75. The van der Waals surface area contributed by atoms with Gasteiger partial charge in [-0.3, -0.25) is 4.39 Å². The summed E-state index contributed by atoms with van der Waals surface area (Å²) in [6, 6.07) is 0. The Bertz CT molecular complexity index is 1110. The van der Waals surface area contributed by atoms with Gasteiger partial charge in [0.15, 0.2) is 0 Å². The number of nitrogens with zero attached hydrogens (tertiary/aromatic N) is 1. The molecule has 1 heterocycles. The van der Waals surface area contributed by atoms with Crippen molar-refractivity contribution in [3.8, 4) is 0 Å². The molecule has 4 heteroatoms. The van der Waals surface area contributed by atoms with Crippen LogP contribution in [0.1, 0.15) is 124 Å². The van der Waals surface area contributed by atoms with Crippen molar-refractivity contribution in [1.29, 1.82) is 0 Å². The number of likely N-dealkylation sites (tertiary alicyclic amines) is 1. The number of hydrogen-bond donors (Lipinski definition) is 1. The Morgan fingerprint density at radius 1 is 0.886 bits per heavy atom. The fourth-order valence-electron chi connectivity index (χ4n) is 13.7. The number of hydrogen-bond acceptors (Lipinski definition) is 3. The zero-order chi connectivity index (χ0) is 30.7. The average Bonchev–Trinajstić information content (AvgIpc) is 3.46. The topological polar surface area (TPSA) is 15.3 Å². The quantitative estimate of drug-likeness (QED) is 0.304. The van der Waals surface area contributed by atoms with Crippen molar-refractivity contribution in [2.45, 2.75) is 135 Å². The van der Waals surface area contributed by atoms with E-state index in [-0.39, 0.29) is 12.6 Å². The standard InChI is InChI=1S/C40H65FN2S/c1-28-32(30-10-8-29(27-41)9-11-30)14-19-37(2)33(28)15-20-39(4)36(37)13-12-34-35-7-6-18-40(35,22-21-38(34,39)3)42-23-26-43-24-16-31(44-5)17-25-43/h10,14,28-29,31,33-36,42H,6-9,11-13,15-27H2,1-5H3/t28?,29?,33?,34?,35-,36?,37?,38-,39?,40?/m1/s1. The molecule has 7 aliphatic rings. The van der Waals surface area contributed by atoms with Gasteiger partial charge in [-0.25, -0.2) is 0 Å². The molecule has 10 atom stereocenters. The number of thioether (sulfide) groups is 1. The largest absolute Gasteiger partial charge is 0.310 e. The van der Waals surface area contributed by atoms with Crippen LogP contribution in [0.5, 0.6) is 0 Å².